The average Bonchev–Trinajstić information content (AvgIpc) is 2.42. The fourth-order valence-electron chi connectivity index (χ4n) is 1.83. The van der Waals surface area contributed by atoms with Gasteiger partial charge in [0, 0.05) is 24.2 Å². The molecular formula is C11H9F2NO2. The normalized spacial score (nSPS) is 11.0. The van der Waals surface area contributed by atoms with Crippen LogP contribution in [0.25, 0.3) is 10.9 Å². The molecule has 0 unspecified atom stereocenters. The number of benzene rings is 1. The van der Waals surface area contributed by atoms with Gasteiger partial charge < -0.3 is 9.67 Å². The highest BCUT2D eigenvalue weighted by atomic mass is 19.2. The Labute approximate surface area is 89.9 Å². The van der Waals surface area contributed by atoms with Crippen LogP contribution < -0.4 is 0 Å². The van der Waals surface area contributed by atoms with Gasteiger partial charge in [0.15, 0.2) is 11.6 Å². The molecule has 3 nitrogen and oxygen atoms in total. The highest BCUT2D eigenvalue weighted by Crippen LogP contribution is 2.26. The molecule has 0 aliphatic rings. The second kappa shape index (κ2) is 3.30. The van der Waals surface area contributed by atoms with Crippen molar-refractivity contribution in [2.24, 2.45) is 7.05 Å². The van der Waals surface area contributed by atoms with E-state index in [1.54, 1.807) is 14.0 Å². The number of aromatic carboxylic acids is 1. The summed E-state index contributed by atoms with van der Waals surface area (Å²) in [6.45, 7) is 1.60. The number of hydrogen-bond donors (Lipinski definition) is 1. The molecule has 2 rings (SSSR count). The monoisotopic (exact) mass is 225 g/mol. The summed E-state index contributed by atoms with van der Waals surface area (Å²) in [6.07, 6.45) is 0. The minimum absolute atomic E-state index is 0.0106. The van der Waals surface area contributed by atoms with Crippen LogP contribution in [0.15, 0.2) is 12.1 Å². The van der Waals surface area contributed by atoms with E-state index in [1.165, 1.54) is 4.57 Å². The Hall–Kier alpha value is -1.91. The third-order valence-corrected chi connectivity index (χ3v) is 2.75. The molecule has 0 spiro atoms. The first-order valence-electron chi connectivity index (χ1n) is 4.60. The first-order valence-corrected chi connectivity index (χ1v) is 4.60. The van der Waals surface area contributed by atoms with E-state index in [4.69, 9.17) is 5.11 Å². The van der Waals surface area contributed by atoms with Crippen LogP contribution in [0.5, 0.6) is 0 Å². The van der Waals surface area contributed by atoms with Crippen LogP contribution >= 0.6 is 0 Å². The fraction of sp³-hybridized carbons (Fsp3) is 0.182. The van der Waals surface area contributed by atoms with Crippen LogP contribution in [-0.4, -0.2) is 15.6 Å². The maximum Gasteiger partial charge on any atom is 0.338 e. The summed E-state index contributed by atoms with van der Waals surface area (Å²) < 4.78 is 27.6. The van der Waals surface area contributed by atoms with Crippen molar-refractivity contribution in [3.63, 3.8) is 0 Å². The molecule has 84 valence electrons. The van der Waals surface area contributed by atoms with Gasteiger partial charge in [-0.15, -0.1) is 0 Å². The SMILES string of the molecule is Cc1c(C(=O)O)c2cc(F)c(F)cc2n1C. The fourth-order valence-corrected chi connectivity index (χ4v) is 1.83. The van der Waals surface area contributed by atoms with Gasteiger partial charge in [-0.3, -0.25) is 0 Å². The average molecular weight is 225 g/mol. The predicted octanol–water partition coefficient (Wildman–Crippen LogP) is 2.46. The van der Waals surface area contributed by atoms with E-state index in [-0.39, 0.29) is 10.9 Å². The zero-order valence-corrected chi connectivity index (χ0v) is 8.71. The van der Waals surface area contributed by atoms with Crippen molar-refractivity contribution in [2.75, 3.05) is 0 Å². The zero-order chi connectivity index (χ0) is 12.0. The summed E-state index contributed by atoms with van der Waals surface area (Å²) in [7, 11) is 1.61. The summed E-state index contributed by atoms with van der Waals surface area (Å²) in [6, 6.07) is 1.92. The molecule has 0 saturated heterocycles. The van der Waals surface area contributed by atoms with Gasteiger partial charge in [0.25, 0.3) is 0 Å². The van der Waals surface area contributed by atoms with Crippen molar-refractivity contribution < 1.29 is 18.7 Å². The summed E-state index contributed by atoms with van der Waals surface area (Å²) in [5.74, 6) is -3.17. The highest BCUT2D eigenvalue weighted by Gasteiger charge is 2.19. The van der Waals surface area contributed by atoms with Gasteiger partial charge in [0.05, 0.1) is 11.1 Å². The van der Waals surface area contributed by atoms with Gasteiger partial charge >= 0.3 is 5.97 Å². The highest BCUT2D eigenvalue weighted by molar-refractivity contribution is 6.05. The molecule has 1 N–H and O–H groups in total. The Kier molecular flexibility index (Phi) is 2.18. The Bertz CT molecular complexity index is 602. The van der Waals surface area contributed by atoms with Crippen molar-refractivity contribution in [2.45, 2.75) is 6.92 Å². The van der Waals surface area contributed by atoms with Crippen LogP contribution in [0, 0.1) is 18.6 Å². The Morgan fingerprint density at radius 1 is 1.31 bits per heavy atom. The molecule has 0 saturated carbocycles. The minimum Gasteiger partial charge on any atom is -0.478 e. The van der Waals surface area contributed by atoms with Gasteiger partial charge in [-0.1, -0.05) is 0 Å². The lowest BCUT2D eigenvalue weighted by Crippen LogP contribution is -1.99. The van der Waals surface area contributed by atoms with Crippen LogP contribution in [0.2, 0.25) is 0 Å². The van der Waals surface area contributed by atoms with E-state index in [2.05, 4.69) is 0 Å². The number of aryl methyl sites for hydroxylation is 1. The number of aromatic nitrogens is 1. The number of halogens is 2. The van der Waals surface area contributed by atoms with Crippen LogP contribution in [0.1, 0.15) is 16.1 Å². The summed E-state index contributed by atoms with van der Waals surface area (Å²) in [5.41, 5.74) is 0.845. The lowest BCUT2D eigenvalue weighted by molar-refractivity contribution is 0.0698. The number of rotatable bonds is 1. The third kappa shape index (κ3) is 1.28. The lowest BCUT2D eigenvalue weighted by Gasteiger charge is -1.98. The third-order valence-electron chi connectivity index (χ3n) is 2.75. The molecule has 0 aliphatic carbocycles. The number of carbonyl (C=O) groups is 1. The predicted molar refractivity (Wildman–Crippen MR) is 54.5 cm³/mol. The maximum atomic E-state index is 13.1. The van der Waals surface area contributed by atoms with E-state index in [0.29, 0.717) is 11.2 Å². The van der Waals surface area contributed by atoms with Gasteiger partial charge in [0.1, 0.15) is 0 Å². The standard InChI is InChI=1S/C11H9F2NO2/c1-5-10(11(15)16)6-3-7(12)8(13)4-9(6)14(5)2/h3-4H,1-2H3,(H,15,16). The molecule has 0 bridgehead atoms. The first-order chi connectivity index (χ1) is 7.43. The molecule has 16 heavy (non-hydrogen) atoms. The largest absolute Gasteiger partial charge is 0.478 e. The number of nitrogens with zero attached hydrogens (tertiary/aromatic N) is 1. The summed E-state index contributed by atoms with van der Waals surface area (Å²) >= 11 is 0. The smallest absolute Gasteiger partial charge is 0.338 e. The quantitative estimate of drug-likeness (QED) is 0.810. The summed E-state index contributed by atoms with van der Waals surface area (Å²) in [5, 5.41) is 9.22. The molecule has 2 aromatic rings. The molecule has 5 heteroatoms. The number of fused-ring (bicyclic) bond motifs is 1. The van der Waals surface area contributed by atoms with Crippen LogP contribution in [0.3, 0.4) is 0 Å². The number of hydrogen-bond acceptors (Lipinski definition) is 1. The molecule has 0 fully saturated rings. The Morgan fingerprint density at radius 2 is 1.88 bits per heavy atom. The second-order valence-corrected chi connectivity index (χ2v) is 3.61. The molecule has 1 heterocycles. The first kappa shape index (κ1) is 10.6. The Morgan fingerprint density at radius 3 is 2.44 bits per heavy atom. The van der Waals surface area contributed by atoms with Crippen LogP contribution in [0.4, 0.5) is 8.78 Å². The van der Waals surface area contributed by atoms with Crippen molar-refractivity contribution in [3.05, 3.63) is 35.0 Å². The van der Waals surface area contributed by atoms with Crippen LogP contribution in [-0.2, 0) is 7.05 Å². The van der Waals surface area contributed by atoms with Crippen molar-refractivity contribution >= 4 is 16.9 Å². The molecular weight excluding hydrogens is 216 g/mol. The van der Waals surface area contributed by atoms with E-state index in [1.807, 2.05) is 0 Å². The van der Waals surface area contributed by atoms with Crippen molar-refractivity contribution in [3.8, 4) is 0 Å². The molecule has 0 aliphatic heterocycles. The van der Waals surface area contributed by atoms with Crippen molar-refractivity contribution in [1.82, 2.24) is 4.57 Å². The number of carboxylic acids is 1. The molecule has 0 amide bonds. The van der Waals surface area contributed by atoms with E-state index >= 15 is 0 Å². The topological polar surface area (TPSA) is 42.2 Å². The lowest BCUT2D eigenvalue weighted by atomic mass is 10.1. The molecule has 0 radical (unpaired) electrons. The van der Waals surface area contributed by atoms with Gasteiger partial charge in [-0.05, 0) is 13.0 Å². The van der Waals surface area contributed by atoms with Crippen molar-refractivity contribution in [1.29, 1.82) is 0 Å². The van der Waals surface area contributed by atoms with Gasteiger partial charge in [-0.2, -0.15) is 0 Å². The number of carboxylic acid groups (broad SMARTS) is 1. The second-order valence-electron chi connectivity index (χ2n) is 3.61. The van der Waals surface area contributed by atoms with E-state index in [0.717, 1.165) is 12.1 Å². The Balaban J connectivity index is 2.97. The van der Waals surface area contributed by atoms with E-state index < -0.39 is 17.6 Å². The summed E-state index contributed by atoms with van der Waals surface area (Å²) in [4.78, 5) is 11.0. The van der Waals surface area contributed by atoms with Gasteiger partial charge in [-0.25, -0.2) is 13.6 Å². The molecule has 0 atom stereocenters. The minimum atomic E-state index is -1.14. The zero-order valence-electron chi connectivity index (χ0n) is 8.71. The van der Waals surface area contributed by atoms with Gasteiger partial charge in [0.2, 0.25) is 0 Å². The molecule has 1 aromatic heterocycles. The molecule has 1 aromatic carbocycles. The maximum absolute atomic E-state index is 13.1. The van der Waals surface area contributed by atoms with E-state index in [9.17, 15) is 13.6 Å².